The fraction of sp³-hybridized carbons (Fsp3) is 0.846. The number of nitrogens with two attached hydrogens (primary N) is 1. The van der Waals surface area contributed by atoms with Gasteiger partial charge in [-0.25, -0.2) is 0 Å². The van der Waals surface area contributed by atoms with Crippen molar-refractivity contribution in [3.63, 3.8) is 0 Å². The molecule has 0 unspecified atom stereocenters. The van der Waals surface area contributed by atoms with Crippen LogP contribution in [0.25, 0.3) is 0 Å². The molecule has 0 aromatic rings. The highest BCUT2D eigenvalue weighted by Crippen LogP contribution is 2.20. The monoisotopic (exact) mass is 269 g/mol. The lowest BCUT2D eigenvalue weighted by Gasteiger charge is -2.29. The second-order valence-corrected chi connectivity index (χ2v) is 5.38. The van der Waals surface area contributed by atoms with Gasteiger partial charge in [0.15, 0.2) is 0 Å². The molecule has 0 saturated carbocycles. The van der Waals surface area contributed by atoms with Gasteiger partial charge < -0.3 is 15.4 Å². The summed E-state index contributed by atoms with van der Waals surface area (Å²) < 4.78 is 5.27. The van der Waals surface area contributed by atoms with Crippen molar-refractivity contribution in [2.75, 3.05) is 33.3 Å². The Bertz CT molecular complexity index is 342. The molecule has 0 bridgehead atoms. The second kappa shape index (κ2) is 6.34. The third kappa shape index (κ3) is 3.45. The van der Waals surface area contributed by atoms with Crippen LogP contribution in [0.4, 0.5) is 0 Å². The molecule has 0 aromatic heterocycles. The molecule has 2 aliphatic rings. The molecule has 6 nitrogen and oxygen atoms in total. The average Bonchev–Trinajstić information content (AvgIpc) is 2.83. The first-order valence-corrected chi connectivity index (χ1v) is 6.95. The largest absolute Gasteiger partial charge is 0.380 e. The molecule has 2 saturated heterocycles. The van der Waals surface area contributed by atoms with Crippen molar-refractivity contribution in [1.29, 1.82) is 0 Å². The molecule has 2 heterocycles. The Balaban J connectivity index is 1.92. The van der Waals surface area contributed by atoms with Gasteiger partial charge in [-0.1, -0.05) is 0 Å². The highest BCUT2D eigenvalue weighted by Gasteiger charge is 2.37. The van der Waals surface area contributed by atoms with E-state index in [1.54, 1.807) is 7.11 Å². The Kier molecular flexibility index (Phi) is 4.76. The van der Waals surface area contributed by atoms with E-state index < -0.39 is 0 Å². The van der Waals surface area contributed by atoms with Crippen LogP contribution >= 0.6 is 0 Å². The van der Waals surface area contributed by atoms with Gasteiger partial charge in [0, 0.05) is 26.7 Å². The number of hydrogen-bond acceptors (Lipinski definition) is 4. The molecule has 2 rings (SSSR count). The predicted octanol–water partition coefficient (Wildman–Crippen LogP) is -0.426. The molecule has 2 fully saturated rings. The summed E-state index contributed by atoms with van der Waals surface area (Å²) in [6, 6.07) is -0.376. The molecule has 0 aliphatic carbocycles. The zero-order chi connectivity index (χ0) is 13.8. The number of primary amides is 1. The molecule has 0 radical (unpaired) electrons. The van der Waals surface area contributed by atoms with Crippen LogP contribution in [0.5, 0.6) is 0 Å². The van der Waals surface area contributed by atoms with Gasteiger partial charge in [-0.3, -0.25) is 14.5 Å². The lowest BCUT2D eigenvalue weighted by atomic mass is 10.1. The van der Waals surface area contributed by atoms with Crippen molar-refractivity contribution in [2.45, 2.75) is 37.8 Å². The molecule has 2 amide bonds. The van der Waals surface area contributed by atoms with Crippen LogP contribution in [-0.4, -0.2) is 67.0 Å². The van der Waals surface area contributed by atoms with E-state index in [0.29, 0.717) is 13.0 Å². The van der Waals surface area contributed by atoms with Crippen molar-refractivity contribution in [3.05, 3.63) is 0 Å². The van der Waals surface area contributed by atoms with Crippen LogP contribution in [0, 0.1) is 0 Å². The van der Waals surface area contributed by atoms with Crippen molar-refractivity contribution in [2.24, 2.45) is 5.73 Å². The number of carbonyl (C=O) groups excluding carboxylic acids is 2. The summed E-state index contributed by atoms with van der Waals surface area (Å²) >= 11 is 0. The van der Waals surface area contributed by atoms with Crippen molar-refractivity contribution in [3.8, 4) is 0 Å². The number of hydrogen-bond donors (Lipinski definition) is 1. The Morgan fingerprint density at radius 1 is 1.26 bits per heavy atom. The number of likely N-dealkylation sites (tertiary alicyclic amines) is 2. The molecule has 2 atom stereocenters. The molecule has 0 aromatic carbocycles. The summed E-state index contributed by atoms with van der Waals surface area (Å²) in [4.78, 5) is 27.4. The fourth-order valence-corrected chi connectivity index (χ4v) is 2.92. The molecule has 19 heavy (non-hydrogen) atoms. The summed E-state index contributed by atoms with van der Waals surface area (Å²) in [5.74, 6) is -0.270. The molecule has 2 N–H and O–H groups in total. The number of carbonyl (C=O) groups is 2. The van der Waals surface area contributed by atoms with Gasteiger partial charge in [-0.2, -0.15) is 0 Å². The van der Waals surface area contributed by atoms with Gasteiger partial charge in [-0.15, -0.1) is 0 Å². The average molecular weight is 269 g/mol. The minimum Gasteiger partial charge on any atom is -0.380 e. The van der Waals surface area contributed by atoms with Crippen LogP contribution in [0.2, 0.25) is 0 Å². The van der Waals surface area contributed by atoms with Gasteiger partial charge >= 0.3 is 0 Å². The molecule has 108 valence electrons. The van der Waals surface area contributed by atoms with Gasteiger partial charge in [0.05, 0.1) is 18.7 Å². The summed E-state index contributed by atoms with van der Waals surface area (Å²) in [5.41, 5.74) is 5.40. The first kappa shape index (κ1) is 14.3. The maximum Gasteiger partial charge on any atom is 0.236 e. The SMILES string of the molecule is CO[C@H]1C[C@@H](C(N)=O)N(CC(=O)N2CCCCC2)C1. The molecular formula is C13H23N3O3. The van der Waals surface area contributed by atoms with E-state index in [1.165, 1.54) is 6.42 Å². The maximum atomic E-state index is 12.2. The van der Waals surface area contributed by atoms with Crippen molar-refractivity contribution < 1.29 is 14.3 Å². The predicted molar refractivity (Wildman–Crippen MR) is 70.4 cm³/mol. The maximum absolute atomic E-state index is 12.2. The van der Waals surface area contributed by atoms with Gasteiger partial charge in [0.25, 0.3) is 0 Å². The first-order chi connectivity index (χ1) is 9.11. The molecule has 6 heteroatoms. The Labute approximate surface area is 113 Å². The lowest BCUT2D eigenvalue weighted by molar-refractivity contribution is -0.134. The summed E-state index contributed by atoms with van der Waals surface area (Å²) in [5, 5.41) is 0. The zero-order valence-corrected chi connectivity index (χ0v) is 11.5. The third-order valence-corrected chi connectivity index (χ3v) is 4.07. The normalized spacial score (nSPS) is 28.6. The van der Waals surface area contributed by atoms with E-state index >= 15 is 0 Å². The number of methoxy groups -OCH3 is 1. The Morgan fingerprint density at radius 2 is 1.95 bits per heavy atom. The van der Waals surface area contributed by atoms with E-state index in [9.17, 15) is 9.59 Å². The van der Waals surface area contributed by atoms with E-state index in [1.807, 2.05) is 9.80 Å². The van der Waals surface area contributed by atoms with E-state index in [-0.39, 0.29) is 30.5 Å². The van der Waals surface area contributed by atoms with E-state index in [2.05, 4.69) is 0 Å². The highest BCUT2D eigenvalue weighted by atomic mass is 16.5. The molecular weight excluding hydrogens is 246 g/mol. The topological polar surface area (TPSA) is 75.9 Å². The second-order valence-electron chi connectivity index (χ2n) is 5.38. The highest BCUT2D eigenvalue weighted by molar-refractivity contribution is 5.83. The molecule has 2 aliphatic heterocycles. The van der Waals surface area contributed by atoms with Crippen molar-refractivity contribution >= 4 is 11.8 Å². The Morgan fingerprint density at radius 3 is 2.53 bits per heavy atom. The van der Waals surface area contributed by atoms with Gasteiger partial charge in [0.1, 0.15) is 0 Å². The first-order valence-electron chi connectivity index (χ1n) is 6.95. The lowest BCUT2D eigenvalue weighted by Crippen LogP contribution is -2.47. The van der Waals surface area contributed by atoms with Crippen LogP contribution in [-0.2, 0) is 14.3 Å². The minimum absolute atomic E-state index is 0.00773. The smallest absolute Gasteiger partial charge is 0.236 e. The zero-order valence-electron chi connectivity index (χ0n) is 11.5. The van der Waals surface area contributed by atoms with E-state index in [4.69, 9.17) is 10.5 Å². The van der Waals surface area contributed by atoms with Gasteiger partial charge in [0.2, 0.25) is 11.8 Å². The third-order valence-electron chi connectivity index (χ3n) is 4.07. The van der Waals surface area contributed by atoms with Crippen LogP contribution in [0.3, 0.4) is 0 Å². The molecule has 0 spiro atoms. The standard InChI is InChI=1S/C13H23N3O3/c1-19-10-7-11(13(14)18)16(8-10)9-12(17)15-5-3-2-4-6-15/h10-11H,2-9H2,1H3,(H2,14,18)/t10-,11-/m0/s1. The number of piperidine rings is 1. The number of rotatable bonds is 4. The van der Waals surface area contributed by atoms with Crippen LogP contribution in [0.15, 0.2) is 0 Å². The quantitative estimate of drug-likeness (QED) is 0.751. The van der Waals surface area contributed by atoms with Crippen LogP contribution < -0.4 is 5.73 Å². The summed E-state index contributed by atoms with van der Waals surface area (Å²) in [7, 11) is 1.62. The number of nitrogens with zero attached hydrogens (tertiary/aromatic N) is 2. The fourth-order valence-electron chi connectivity index (χ4n) is 2.92. The number of amides is 2. The Hall–Kier alpha value is -1.14. The van der Waals surface area contributed by atoms with E-state index in [0.717, 1.165) is 25.9 Å². The van der Waals surface area contributed by atoms with Crippen LogP contribution in [0.1, 0.15) is 25.7 Å². The summed E-state index contributed by atoms with van der Waals surface area (Å²) in [6.45, 7) is 2.54. The van der Waals surface area contributed by atoms with Crippen molar-refractivity contribution in [1.82, 2.24) is 9.80 Å². The number of ether oxygens (including phenoxy) is 1. The minimum atomic E-state index is -0.376. The van der Waals surface area contributed by atoms with Gasteiger partial charge in [-0.05, 0) is 25.7 Å². The summed E-state index contributed by atoms with van der Waals surface area (Å²) in [6.07, 6.45) is 3.92.